The van der Waals surface area contributed by atoms with E-state index in [1.165, 1.54) is 16.7 Å². The van der Waals surface area contributed by atoms with E-state index in [4.69, 9.17) is 0 Å². The van der Waals surface area contributed by atoms with Gasteiger partial charge < -0.3 is 5.32 Å². The van der Waals surface area contributed by atoms with Crippen molar-refractivity contribution in [3.05, 3.63) is 21.9 Å². The SMILES string of the molecule is Cc1ccsc1[C@H](C)NC[C@H]1CCN(S(C)(=O)=O)C1. The van der Waals surface area contributed by atoms with Crippen molar-refractivity contribution < 1.29 is 8.42 Å². The van der Waals surface area contributed by atoms with E-state index in [-0.39, 0.29) is 0 Å². The summed E-state index contributed by atoms with van der Waals surface area (Å²) < 4.78 is 24.5. The first-order valence-corrected chi connectivity index (χ1v) is 9.33. The molecule has 0 bridgehead atoms. The Morgan fingerprint density at radius 1 is 1.58 bits per heavy atom. The topological polar surface area (TPSA) is 49.4 Å². The summed E-state index contributed by atoms with van der Waals surface area (Å²) in [4.78, 5) is 1.37. The molecule has 1 aliphatic rings. The quantitative estimate of drug-likeness (QED) is 0.905. The molecule has 1 aromatic rings. The van der Waals surface area contributed by atoms with Gasteiger partial charge >= 0.3 is 0 Å². The number of rotatable bonds is 5. The Hall–Kier alpha value is -0.430. The van der Waals surface area contributed by atoms with Crippen molar-refractivity contribution in [1.29, 1.82) is 0 Å². The van der Waals surface area contributed by atoms with Crippen LogP contribution in [0.5, 0.6) is 0 Å². The lowest BCUT2D eigenvalue weighted by atomic mass is 10.1. The molecule has 2 atom stereocenters. The lowest BCUT2D eigenvalue weighted by Crippen LogP contribution is -2.30. The smallest absolute Gasteiger partial charge is 0.211 e. The molecule has 2 rings (SSSR count). The summed E-state index contributed by atoms with van der Waals surface area (Å²) in [7, 11) is -3.02. The van der Waals surface area contributed by atoms with Crippen molar-refractivity contribution in [1.82, 2.24) is 9.62 Å². The molecule has 0 amide bonds. The highest BCUT2D eigenvalue weighted by Gasteiger charge is 2.28. The lowest BCUT2D eigenvalue weighted by Gasteiger charge is -2.17. The summed E-state index contributed by atoms with van der Waals surface area (Å²) in [6.07, 6.45) is 2.25. The number of nitrogens with one attached hydrogen (secondary N) is 1. The highest BCUT2D eigenvalue weighted by Crippen LogP contribution is 2.24. The van der Waals surface area contributed by atoms with Crippen molar-refractivity contribution in [3.63, 3.8) is 0 Å². The number of sulfonamides is 1. The van der Waals surface area contributed by atoms with E-state index in [1.54, 1.807) is 15.6 Å². The van der Waals surface area contributed by atoms with E-state index in [2.05, 4.69) is 30.6 Å². The maximum atomic E-state index is 11.5. The predicted octanol–water partition coefficient (Wildman–Crippen LogP) is 1.99. The number of thiophene rings is 1. The molecular weight excluding hydrogens is 280 g/mol. The molecule has 19 heavy (non-hydrogen) atoms. The molecule has 0 unspecified atom stereocenters. The molecule has 2 heterocycles. The summed E-state index contributed by atoms with van der Waals surface area (Å²) in [6.45, 7) is 6.50. The van der Waals surface area contributed by atoms with Crippen LogP contribution in [0.1, 0.15) is 29.8 Å². The van der Waals surface area contributed by atoms with Gasteiger partial charge in [0.25, 0.3) is 0 Å². The fourth-order valence-corrected chi connectivity index (χ4v) is 4.41. The molecule has 0 spiro atoms. The molecule has 0 saturated carbocycles. The van der Waals surface area contributed by atoms with Crippen LogP contribution in [0, 0.1) is 12.8 Å². The molecule has 1 N–H and O–H groups in total. The van der Waals surface area contributed by atoms with Crippen LogP contribution in [0.25, 0.3) is 0 Å². The van der Waals surface area contributed by atoms with Gasteiger partial charge in [-0.25, -0.2) is 12.7 Å². The van der Waals surface area contributed by atoms with Gasteiger partial charge in [0, 0.05) is 24.0 Å². The minimum atomic E-state index is -3.02. The van der Waals surface area contributed by atoms with Gasteiger partial charge in [0.1, 0.15) is 0 Å². The van der Waals surface area contributed by atoms with E-state index in [1.807, 2.05) is 0 Å². The van der Waals surface area contributed by atoms with Crippen molar-refractivity contribution in [2.75, 3.05) is 25.9 Å². The second kappa shape index (κ2) is 5.91. The highest BCUT2D eigenvalue weighted by atomic mass is 32.2. The van der Waals surface area contributed by atoms with Gasteiger partial charge in [-0.15, -0.1) is 11.3 Å². The molecular formula is C13H22N2O2S2. The summed E-state index contributed by atoms with van der Waals surface area (Å²) in [5, 5.41) is 5.64. The van der Waals surface area contributed by atoms with Gasteiger partial charge in [-0.1, -0.05) is 0 Å². The highest BCUT2D eigenvalue weighted by molar-refractivity contribution is 7.88. The Morgan fingerprint density at radius 3 is 2.84 bits per heavy atom. The minimum absolute atomic E-state index is 0.340. The Labute approximate surface area is 119 Å². The predicted molar refractivity (Wildman–Crippen MR) is 80.0 cm³/mol. The number of hydrogen-bond acceptors (Lipinski definition) is 4. The zero-order valence-corrected chi connectivity index (χ0v) is 13.4. The fraction of sp³-hybridized carbons (Fsp3) is 0.692. The molecule has 1 saturated heterocycles. The van der Waals surface area contributed by atoms with Crippen LogP contribution in [0.2, 0.25) is 0 Å². The molecule has 1 aromatic heterocycles. The van der Waals surface area contributed by atoms with Crippen LogP contribution < -0.4 is 5.32 Å². The Balaban J connectivity index is 1.83. The molecule has 108 valence electrons. The zero-order valence-electron chi connectivity index (χ0n) is 11.7. The van der Waals surface area contributed by atoms with Crippen molar-refractivity contribution in [2.24, 2.45) is 5.92 Å². The Kier molecular flexibility index (Phi) is 4.66. The first kappa shape index (κ1) is 15.0. The number of nitrogens with zero attached hydrogens (tertiary/aromatic N) is 1. The van der Waals surface area contributed by atoms with Crippen molar-refractivity contribution in [3.8, 4) is 0 Å². The molecule has 0 aliphatic carbocycles. The normalized spacial score (nSPS) is 22.8. The minimum Gasteiger partial charge on any atom is -0.309 e. The molecule has 0 radical (unpaired) electrons. The van der Waals surface area contributed by atoms with E-state index in [0.29, 0.717) is 25.0 Å². The third-order valence-electron chi connectivity index (χ3n) is 3.73. The van der Waals surface area contributed by atoms with E-state index in [0.717, 1.165) is 13.0 Å². The van der Waals surface area contributed by atoms with E-state index in [9.17, 15) is 8.42 Å². The number of hydrogen-bond donors (Lipinski definition) is 1. The van der Waals surface area contributed by atoms with Crippen LogP contribution in [0.3, 0.4) is 0 Å². The van der Waals surface area contributed by atoms with Crippen LogP contribution in [-0.2, 0) is 10.0 Å². The maximum Gasteiger partial charge on any atom is 0.211 e. The van der Waals surface area contributed by atoms with Crippen molar-refractivity contribution in [2.45, 2.75) is 26.3 Å². The van der Waals surface area contributed by atoms with Crippen LogP contribution in [-0.4, -0.2) is 38.6 Å². The Bertz CT molecular complexity index is 525. The van der Waals surface area contributed by atoms with Gasteiger partial charge in [-0.2, -0.15) is 0 Å². The monoisotopic (exact) mass is 302 g/mol. The van der Waals surface area contributed by atoms with Gasteiger partial charge in [-0.05, 0) is 49.7 Å². The maximum absolute atomic E-state index is 11.5. The molecule has 1 fully saturated rings. The number of aryl methyl sites for hydroxylation is 1. The summed E-state index contributed by atoms with van der Waals surface area (Å²) in [5.41, 5.74) is 1.33. The van der Waals surface area contributed by atoms with Gasteiger partial charge in [0.2, 0.25) is 10.0 Å². The molecule has 1 aliphatic heterocycles. The van der Waals surface area contributed by atoms with E-state index >= 15 is 0 Å². The Morgan fingerprint density at radius 2 is 2.32 bits per heavy atom. The molecule has 4 nitrogen and oxygen atoms in total. The van der Waals surface area contributed by atoms with Gasteiger partial charge in [0.05, 0.1) is 6.26 Å². The third kappa shape index (κ3) is 3.78. The van der Waals surface area contributed by atoms with Gasteiger partial charge in [0.15, 0.2) is 0 Å². The first-order chi connectivity index (χ1) is 8.88. The zero-order chi connectivity index (χ0) is 14.0. The molecule has 0 aromatic carbocycles. The van der Waals surface area contributed by atoms with E-state index < -0.39 is 10.0 Å². The van der Waals surface area contributed by atoms with Crippen LogP contribution in [0.4, 0.5) is 0 Å². The fourth-order valence-electron chi connectivity index (χ4n) is 2.53. The first-order valence-electron chi connectivity index (χ1n) is 6.60. The second-order valence-corrected chi connectivity index (χ2v) is 8.30. The van der Waals surface area contributed by atoms with Crippen molar-refractivity contribution >= 4 is 21.4 Å². The van der Waals surface area contributed by atoms with Crippen LogP contribution in [0.15, 0.2) is 11.4 Å². The van der Waals surface area contributed by atoms with Gasteiger partial charge in [-0.3, -0.25) is 0 Å². The average molecular weight is 302 g/mol. The standard InChI is InChI=1S/C13H22N2O2S2/c1-10-5-7-18-13(10)11(2)14-8-12-4-6-15(9-12)19(3,16)17/h5,7,11-12,14H,4,6,8-9H2,1-3H3/t11-,12+/m0/s1. The summed E-state index contributed by atoms with van der Waals surface area (Å²) >= 11 is 1.78. The average Bonchev–Trinajstić information content (AvgIpc) is 2.93. The second-order valence-electron chi connectivity index (χ2n) is 5.37. The lowest BCUT2D eigenvalue weighted by molar-refractivity contribution is 0.434. The molecule has 6 heteroatoms. The largest absolute Gasteiger partial charge is 0.309 e. The summed E-state index contributed by atoms with van der Waals surface area (Å²) in [5.74, 6) is 0.428. The third-order valence-corrected chi connectivity index (χ3v) is 6.20. The summed E-state index contributed by atoms with van der Waals surface area (Å²) in [6, 6.07) is 2.48. The van der Waals surface area contributed by atoms with Crippen LogP contribution >= 0.6 is 11.3 Å².